The summed E-state index contributed by atoms with van der Waals surface area (Å²) < 4.78 is 7.19. The summed E-state index contributed by atoms with van der Waals surface area (Å²) in [6.45, 7) is 3.78. The van der Waals surface area contributed by atoms with Crippen molar-refractivity contribution in [3.05, 3.63) is 82.0 Å². The Labute approximate surface area is 205 Å². The molecule has 0 fully saturated rings. The van der Waals surface area contributed by atoms with Gasteiger partial charge in [0.15, 0.2) is 6.61 Å². The van der Waals surface area contributed by atoms with Crippen LogP contribution >= 0.6 is 11.3 Å². The molecule has 2 heterocycles. The summed E-state index contributed by atoms with van der Waals surface area (Å²) in [7, 11) is 0. The Morgan fingerprint density at radius 1 is 1.09 bits per heavy atom. The lowest BCUT2D eigenvalue weighted by atomic mass is 10.1. The zero-order valence-electron chi connectivity index (χ0n) is 19.0. The third-order valence-electron chi connectivity index (χ3n) is 5.47. The van der Waals surface area contributed by atoms with Crippen LogP contribution in [0.5, 0.6) is 17.2 Å². The van der Waals surface area contributed by atoms with E-state index >= 15 is 0 Å². The molecule has 35 heavy (non-hydrogen) atoms. The van der Waals surface area contributed by atoms with E-state index in [4.69, 9.17) is 14.8 Å². The molecule has 3 N–H and O–H groups in total. The lowest BCUT2D eigenvalue weighted by molar-refractivity contribution is -0.118. The van der Waals surface area contributed by atoms with Crippen LogP contribution in [0.25, 0.3) is 11.3 Å². The predicted molar refractivity (Wildman–Crippen MR) is 136 cm³/mol. The zero-order valence-corrected chi connectivity index (χ0v) is 19.8. The first kappa shape index (κ1) is 22.4. The lowest BCUT2D eigenvalue weighted by Gasteiger charge is -2.18. The maximum absolute atomic E-state index is 11.8. The molecule has 0 spiro atoms. The number of aromatic nitrogens is 1. The topological polar surface area (TPSA) is 108 Å². The molecule has 1 aliphatic heterocycles. The van der Waals surface area contributed by atoms with Gasteiger partial charge in [-0.1, -0.05) is 17.7 Å². The molecule has 1 amide bonds. The second-order valence-electron chi connectivity index (χ2n) is 8.10. The van der Waals surface area contributed by atoms with Crippen LogP contribution in [0.2, 0.25) is 0 Å². The van der Waals surface area contributed by atoms with Gasteiger partial charge >= 0.3 is 0 Å². The number of benzene rings is 3. The summed E-state index contributed by atoms with van der Waals surface area (Å²) in [5.41, 5.74) is 5.08. The van der Waals surface area contributed by atoms with E-state index in [-0.39, 0.29) is 24.0 Å². The van der Waals surface area contributed by atoms with E-state index in [1.54, 1.807) is 17.7 Å². The van der Waals surface area contributed by atoms with Crippen LogP contribution in [0.4, 0.5) is 11.4 Å². The number of nitrogens with zero attached hydrogens (tertiary/aromatic N) is 3. The van der Waals surface area contributed by atoms with Crippen LogP contribution in [0.3, 0.4) is 0 Å². The van der Waals surface area contributed by atoms with E-state index in [2.05, 4.69) is 5.32 Å². The van der Waals surface area contributed by atoms with Gasteiger partial charge in [0.1, 0.15) is 17.2 Å². The predicted octanol–water partition coefficient (Wildman–Crippen LogP) is 4.77. The molecular weight excluding hydrogens is 464 g/mol. The number of hydrogen-bond acceptors (Lipinski definition) is 7. The molecule has 176 valence electrons. The highest BCUT2D eigenvalue weighted by molar-refractivity contribution is 7.07. The van der Waals surface area contributed by atoms with Gasteiger partial charge in [-0.2, -0.15) is 5.10 Å². The number of nitrogens with one attached hydrogen (secondary N) is 1. The van der Waals surface area contributed by atoms with E-state index < -0.39 is 0 Å². The standard InChI is InChI=1S/C26H22N4O4S/c1-15-3-6-18(7-4-15)27-26-30(29-16(2)20-9-8-19(31)12-23(20)32)22(14-35-26)17-5-10-24-21(11-17)28-25(33)13-34-24/h3-12,14,31-32H,13H2,1-2H3,(H,28,33). The number of aromatic hydroxyl groups is 2. The number of anilines is 1. The number of aryl methyl sites for hydroxylation is 1. The molecule has 4 aromatic rings. The van der Waals surface area contributed by atoms with E-state index in [0.717, 1.165) is 22.5 Å². The maximum Gasteiger partial charge on any atom is 0.262 e. The molecule has 8 nitrogen and oxygen atoms in total. The number of phenols is 2. The van der Waals surface area contributed by atoms with Gasteiger partial charge in [0.05, 0.1) is 22.8 Å². The average molecular weight is 487 g/mol. The molecule has 5 rings (SSSR count). The first-order chi connectivity index (χ1) is 16.9. The molecular formula is C26H22N4O4S. The minimum Gasteiger partial charge on any atom is -0.508 e. The summed E-state index contributed by atoms with van der Waals surface area (Å²) in [6, 6.07) is 17.8. The smallest absolute Gasteiger partial charge is 0.262 e. The molecule has 0 saturated heterocycles. The molecule has 9 heteroatoms. The Hall–Kier alpha value is -4.37. The first-order valence-corrected chi connectivity index (χ1v) is 11.7. The first-order valence-electron chi connectivity index (χ1n) is 10.8. The number of fused-ring (bicyclic) bond motifs is 1. The highest BCUT2D eigenvalue weighted by Crippen LogP contribution is 2.33. The van der Waals surface area contributed by atoms with Crippen LogP contribution in [0.1, 0.15) is 18.1 Å². The van der Waals surface area contributed by atoms with Gasteiger partial charge in [-0.05, 0) is 56.3 Å². The van der Waals surface area contributed by atoms with Gasteiger partial charge < -0.3 is 20.3 Å². The zero-order chi connectivity index (χ0) is 24.5. The minimum absolute atomic E-state index is 0.00993. The van der Waals surface area contributed by atoms with Crippen LogP contribution < -0.4 is 14.9 Å². The third kappa shape index (κ3) is 4.67. The number of amides is 1. The Morgan fingerprint density at radius 3 is 2.66 bits per heavy atom. The monoisotopic (exact) mass is 486 g/mol. The maximum atomic E-state index is 11.8. The van der Waals surface area contributed by atoms with Gasteiger partial charge in [-0.25, -0.2) is 9.67 Å². The van der Waals surface area contributed by atoms with Gasteiger partial charge in [0, 0.05) is 22.6 Å². The summed E-state index contributed by atoms with van der Waals surface area (Å²) in [5, 5.41) is 29.6. The molecule has 0 aliphatic carbocycles. The van der Waals surface area contributed by atoms with Crippen LogP contribution in [0, 0.1) is 6.92 Å². The Kier molecular flexibility index (Phi) is 5.84. The van der Waals surface area contributed by atoms with Crippen molar-refractivity contribution in [3.8, 4) is 28.5 Å². The van der Waals surface area contributed by atoms with Crippen molar-refractivity contribution in [3.63, 3.8) is 0 Å². The molecule has 3 aromatic carbocycles. The van der Waals surface area contributed by atoms with Crippen molar-refractivity contribution in [2.45, 2.75) is 13.8 Å². The second-order valence-corrected chi connectivity index (χ2v) is 8.93. The van der Waals surface area contributed by atoms with Crippen LogP contribution in [0.15, 0.2) is 76.1 Å². The summed E-state index contributed by atoms with van der Waals surface area (Å²) in [5.74, 6) is 0.290. The largest absolute Gasteiger partial charge is 0.508 e. The highest BCUT2D eigenvalue weighted by atomic mass is 32.1. The average Bonchev–Trinajstić information content (AvgIpc) is 3.21. The van der Waals surface area contributed by atoms with E-state index in [1.807, 2.05) is 54.8 Å². The lowest BCUT2D eigenvalue weighted by Crippen LogP contribution is -2.25. The third-order valence-corrected chi connectivity index (χ3v) is 6.29. The number of thiazole rings is 1. The fraction of sp³-hybridized carbons (Fsp3) is 0.115. The van der Waals surface area contributed by atoms with Gasteiger partial charge in [-0.15, -0.1) is 11.3 Å². The van der Waals surface area contributed by atoms with Gasteiger partial charge in [0.2, 0.25) is 4.80 Å². The normalized spacial score (nSPS) is 13.8. The number of phenolic OH excluding ortho intramolecular Hbond substituents is 2. The van der Waals surface area contributed by atoms with Crippen molar-refractivity contribution in [1.29, 1.82) is 0 Å². The van der Waals surface area contributed by atoms with Crippen molar-refractivity contribution >= 4 is 34.3 Å². The molecule has 0 unspecified atom stereocenters. The Morgan fingerprint density at radius 2 is 1.89 bits per heavy atom. The number of carbonyl (C=O) groups excluding carboxylic acids is 1. The number of ether oxygens (including phenoxy) is 1. The number of carbonyl (C=O) groups is 1. The second kappa shape index (κ2) is 9.11. The SMILES string of the molecule is CC(=Nn1c(-c2ccc3c(c2)NC(=O)CO3)csc1=Nc1ccc(C)cc1)c1ccc(O)cc1O. The highest BCUT2D eigenvalue weighted by Gasteiger charge is 2.18. The van der Waals surface area contributed by atoms with Crippen molar-refractivity contribution in [1.82, 2.24) is 4.68 Å². The van der Waals surface area contributed by atoms with Gasteiger partial charge in [0.25, 0.3) is 5.91 Å². The molecule has 1 aliphatic rings. The number of hydrogen-bond donors (Lipinski definition) is 3. The molecule has 0 bridgehead atoms. The van der Waals surface area contributed by atoms with Crippen molar-refractivity contribution in [2.24, 2.45) is 10.1 Å². The Bertz CT molecular complexity index is 1530. The summed E-state index contributed by atoms with van der Waals surface area (Å²) in [4.78, 5) is 17.2. The quantitative estimate of drug-likeness (QED) is 0.361. The van der Waals surface area contributed by atoms with Crippen LogP contribution in [-0.2, 0) is 4.79 Å². The van der Waals surface area contributed by atoms with Crippen molar-refractivity contribution in [2.75, 3.05) is 11.9 Å². The van der Waals surface area contributed by atoms with Gasteiger partial charge in [-0.3, -0.25) is 4.79 Å². The van der Waals surface area contributed by atoms with E-state index in [0.29, 0.717) is 27.5 Å². The summed E-state index contributed by atoms with van der Waals surface area (Å²) in [6.07, 6.45) is 0. The fourth-order valence-corrected chi connectivity index (χ4v) is 4.52. The summed E-state index contributed by atoms with van der Waals surface area (Å²) >= 11 is 1.42. The molecule has 0 radical (unpaired) electrons. The Balaban J connectivity index is 1.67. The number of rotatable bonds is 4. The van der Waals surface area contributed by atoms with Crippen LogP contribution in [-0.4, -0.2) is 33.1 Å². The molecule has 0 atom stereocenters. The van der Waals surface area contributed by atoms with E-state index in [9.17, 15) is 15.0 Å². The fourth-order valence-electron chi connectivity index (χ4n) is 3.67. The minimum atomic E-state index is -0.209. The van der Waals surface area contributed by atoms with E-state index in [1.165, 1.54) is 23.5 Å². The molecule has 0 saturated carbocycles. The molecule has 1 aromatic heterocycles. The van der Waals surface area contributed by atoms with Crippen molar-refractivity contribution < 1.29 is 19.7 Å².